The molecule has 2 rings (SSSR count). The van der Waals surface area contributed by atoms with Gasteiger partial charge in [0.2, 0.25) is 0 Å². The molecule has 0 unspecified atom stereocenters. The summed E-state index contributed by atoms with van der Waals surface area (Å²) in [7, 11) is 0. The monoisotopic (exact) mass is 221 g/mol. The molecule has 1 fully saturated rings. The lowest BCUT2D eigenvalue weighted by atomic mass is 10.1. The van der Waals surface area contributed by atoms with Crippen LogP contribution in [0.4, 0.5) is 4.39 Å². The Bertz CT molecular complexity index is 343. The van der Waals surface area contributed by atoms with Gasteiger partial charge in [0.05, 0.1) is 0 Å². The first-order valence-electron chi connectivity index (χ1n) is 6.21. The van der Waals surface area contributed by atoms with Gasteiger partial charge in [0.1, 0.15) is 5.82 Å². The minimum Gasteiger partial charge on any atom is -0.312 e. The normalized spacial score (nSPS) is 16.9. The SMILES string of the molecule is Cc1ccc(F)cc1CNCC1CCCC1. The molecule has 0 heterocycles. The molecule has 0 radical (unpaired) electrons. The van der Waals surface area contributed by atoms with Gasteiger partial charge in [0.25, 0.3) is 0 Å². The van der Waals surface area contributed by atoms with Crippen molar-refractivity contribution in [2.24, 2.45) is 5.92 Å². The Kier molecular flexibility index (Phi) is 3.94. The highest BCUT2D eigenvalue weighted by molar-refractivity contribution is 5.26. The van der Waals surface area contributed by atoms with Crippen molar-refractivity contribution in [1.29, 1.82) is 0 Å². The van der Waals surface area contributed by atoms with E-state index in [1.165, 1.54) is 37.3 Å². The fraction of sp³-hybridized carbons (Fsp3) is 0.571. The highest BCUT2D eigenvalue weighted by Crippen LogP contribution is 2.23. The zero-order chi connectivity index (χ0) is 11.4. The predicted octanol–water partition coefficient (Wildman–Crippen LogP) is 3.41. The summed E-state index contributed by atoms with van der Waals surface area (Å²) < 4.78 is 13.0. The second-order valence-corrected chi connectivity index (χ2v) is 4.85. The zero-order valence-electron chi connectivity index (χ0n) is 9.93. The number of hydrogen-bond acceptors (Lipinski definition) is 1. The van der Waals surface area contributed by atoms with E-state index < -0.39 is 0 Å². The van der Waals surface area contributed by atoms with Crippen LogP contribution in [0.2, 0.25) is 0 Å². The van der Waals surface area contributed by atoms with Crippen molar-refractivity contribution in [1.82, 2.24) is 5.32 Å². The van der Waals surface area contributed by atoms with Gasteiger partial charge in [-0.2, -0.15) is 0 Å². The topological polar surface area (TPSA) is 12.0 Å². The average molecular weight is 221 g/mol. The molecule has 0 amide bonds. The van der Waals surface area contributed by atoms with Crippen molar-refractivity contribution in [3.63, 3.8) is 0 Å². The molecule has 2 heteroatoms. The molecule has 0 aliphatic heterocycles. The minimum atomic E-state index is -0.136. The molecule has 0 spiro atoms. The van der Waals surface area contributed by atoms with Crippen molar-refractivity contribution in [2.75, 3.05) is 6.54 Å². The van der Waals surface area contributed by atoms with Gasteiger partial charge in [-0.1, -0.05) is 18.9 Å². The second kappa shape index (κ2) is 5.44. The van der Waals surface area contributed by atoms with Gasteiger partial charge in [-0.15, -0.1) is 0 Å². The fourth-order valence-corrected chi connectivity index (χ4v) is 2.46. The lowest BCUT2D eigenvalue weighted by molar-refractivity contribution is 0.488. The summed E-state index contributed by atoms with van der Waals surface area (Å²) >= 11 is 0. The van der Waals surface area contributed by atoms with E-state index in [9.17, 15) is 4.39 Å². The van der Waals surface area contributed by atoms with Crippen molar-refractivity contribution in [3.05, 3.63) is 35.1 Å². The van der Waals surface area contributed by atoms with Gasteiger partial charge in [0, 0.05) is 6.54 Å². The summed E-state index contributed by atoms with van der Waals surface area (Å²) in [6.45, 7) is 3.90. The summed E-state index contributed by atoms with van der Waals surface area (Å²) in [5.41, 5.74) is 2.25. The maximum absolute atomic E-state index is 13.0. The van der Waals surface area contributed by atoms with E-state index in [4.69, 9.17) is 0 Å². The molecule has 1 aromatic rings. The van der Waals surface area contributed by atoms with E-state index >= 15 is 0 Å². The van der Waals surface area contributed by atoms with Gasteiger partial charge in [-0.05, 0) is 55.5 Å². The van der Waals surface area contributed by atoms with Gasteiger partial charge in [0.15, 0.2) is 0 Å². The Hall–Kier alpha value is -0.890. The number of nitrogens with one attached hydrogen (secondary N) is 1. The maximum Gasteiger partial charge on any atom is 0.123 e. The van der Waals surface area contributed by atoms with Gasteiger partial charge < -0.3 is 5.32 Å². The molecular formula is C14H20FN. The zero-order valence-corrected chi connectivity index (χ0v) is 9.93. The third kappa shape index (κ3) is 3.05. The molecule has 1 aliphatic carbocycles. The first-order chi connectivity index (χ1) is 7.75. The highest BCUT2D eigenvalue weighted by atomic mass is 19.1. The van der Waals surface area contributed by atoms with Crippen molar-refractivity contribution >= 4 is 0 Å². The third-order valence-electron chi connectivity index (χ3n) is 3.53. The molecule has 1 N–H and O–H groups in total. The van der Waals surface area contributed by atoms with Crippen LogP contribution < -0.4 is 5.32 Å². The van der Waals surface area contributed by atoms with Crippen LogP contribution in [0.1, 0.15) is 36.8 Å². The Morgan fingerprint density at radius 2 is 2.06 bits per heavy atom. The highest BCUT2D eigenvalue weighted by Gasteiger charge is 2.14. The lowest BCUT2D eigenvalue weighted by Gasteiger charge is -2.12. The summed E-state index contributed by atoms with van der Waals surface area (Å²) in [6.07, 6.45) is 5.47. The molecule has 0 aromatic heterocycles. The molecule has 0 bridgehead atoms. The van der Waals surface area contributed by atoms with Crippen LogP contribution in [-0.4, -0.2) is 6.54 Å². The van der Waals surface area contributed by atoms with E-state index in [0.717, 1.165) is 24.6 Å². The fourth-order valence-electron chi connectivity index (χ4n) is 2.46. The summed E-state index contributed by atoms with van der Waals surface area (Å²) in [5.74, 6) is 0.706. The molecule has 1 aromatic carbocycles. The van der Waals surface area contributed by atoms with Crippen LogP contribution >= 0.6 is 0 Å². The molecule has 1 aliphatic rings. The average Bonchev–Trinajstić information content (AvgIpc) is 2.76. The predicted molar refractivity (Wildman–Crippen MR) is 64.8 cm³/mol. The van der Waals surface area contributed by atoms with Gasteiger partial charge in [-0.25, -0.2) is 4.39 Å². The number of aryl methyl sites for hydroxylation is 1. The molecule has 0 saturated heterocycles. The van der Waals surface area contributed by atoms with Gasteiger partial charge in [-0.3, -0.25) is 0 Å². The quantitative estimate of drug-likeness (QED) is 0.821. The minimum absolute atomic E-state index is 0.136. The van der Waals surface area contributed by atoms with Crippen LogP contribution in [0, 0.1) is 18.7 Å². The molecule has 16 heavy (non-hydrogen) atoms. The first kappa shape index (κ1) is 11.6. The summed E-state index contributed by atoms with van der Waals surface area (Å²) in [6, 6.07) is 5.01. The van der Waals surface area contributed by atoms with Crippen LogP contribution in [0.25, 0.3) is 0 Å². The third-order valence-corrected chi connectivity index (χ3v) is 3.53. The second-order valence-electron chi connectivity index (χ2n) is 4.85. The Morgan fingerprint density at radius 3 is 2.81 bits per heavy atom. The van der Waals surface area contributed by atoms with Crippen LogP contribution in [0.15, 0.2) is 18.2 Å². The number of halogens is 1. The van der Waals surface area contributed by atoms with Crippen molar-refractivity contribution < 1.29 is 4.39 Å². The van der Waals surface area contributed by atoms with Crippen molar-refractivity contribution in [3.8, 4) is 0 Å². The molecule has 1 nitrogen and oxygen atoms in total. The largest absolute Gasteiger partial charge is 0.312 e. The molecule has 88 valence electrons. The summed E-state index contributed by atoms with van der Waals surface area (Å²) in [4.78, 5) is 0. The van der Waals surface area contributed by atoms with Crippen molar-refractivity contribution in [2.45, 2.75) is 39.2 Å². The summed E-state index contributed by atoms with van der Waals surface area (Å²) in [5, 5.41) is 3.44. The van der Waals surface area contributed by atoms with E-state index in [0.29, 0.717) is 0 Å². The molecular weight excluding hydrogens is 201 g/mol. The van der Waals surface area contributed by atoms with Gasteiger partial charge >= 0.3 is 0 Å². The Labute approximate surface area is 97.1 Å². The molecule has 1 saturated carbocycles. The van der Waals surface area contributed by atoms with E-state index in [2.05, 4.69) is 5.32 Å². The van der Waals surface area contributed by atoms with E-state index in [1.807, 2.05) is 13.0 Å². The lowest BCUT2D eigenvalue weighted by Crippen LogP contribution is -2.21. The van der Waals surface area contributed by atoms with Crippen LogP contribution in [0.5, 0.6) is 0 Å². The van der Waals surface area contributed by atoms with Crippen LogP contribution in [0.3, 0.4) is 0 Å². The standard InChI is InChI=1S/C14H20FN/c1-11-6-7-14(15)8-13(11)10-16-9-12-4-2-3-5-12/h6-8,12,16H,2-5,9-10H2,1H3. The molecule has 0 atom stereocenters. The number of rotatable bonds is 4. The van der Waals surface area contributed by atoms with E-state index in [-0.39, 0.29) is 5.82 Å². The number of benzene rings is 1. The van der Waals surface area contributed by atoms with Crippen LogP contribution in [-0.2, 0) is 6.54 Å². The first-order valence-corrected chi connectivity index (χ1v) is 6.21. The Balaban J connectivity index is 1.82. The number of hydrogen-bond donors (Lipinski definition) is 1. The van der Waals surface area contributed by atoms with E-state index in [1.54, 1.807) is 6.07 Å². The smallest absolute Gasteiger partial charge is 0.123 e. The Morgan fingerprint density at radius 1 is 1.31 bits per heavy atom. The maximum atomic E-state index is 13.0.